The number of pyridine rings is 1. The highest BCUT2D eigenvalue weighted by Gasteiger charge is 2.33. The van der Waals surface area contributed by atoms with Gasteiger partial charge >= 0.3 is 0 Å². The van der Waals surface area contributed by atoms with Crippen LogP contribution in [0.5, 0.6) is 5.75 Å². The van der Waals surface area contributed by atoms with Crippen LogP contribution in [0.3, 0.4) is 0 Å². The molecule has 1 N–H and O–H groups in total. The molecule has 1 aromatic heterocycles. The quantitative estimate of drug-likeness (QED) is 0.398. The minimum Gasteiger partial charge on any atom is -0.481 e. The van der Waals surface area contributed by atoms with E-state index >= 15 is 0 Å². The van der Waals surface area contributed by atoms with E-state index in [2.05, 4.69) is 10.3 Å². The normalized spacial score (nSPS) is 15.6. The van der Waals surface area contributed by atoms with Crippen molar-refractivity contribution in [3.8, 4) is 5.75 Å². The molecule has 3 aromatic rings. The number of ether oxygens (including phenoxy) is 1. The van der Waals surface area contributed by atoms with Gasteiger partial charge in [-0.1, -0.05) is 45.0 Å². The van der Waals surface area contributed by atoms with Gasteiger partial charge in [0, 0.05) is 37.8 Å². The lowest BCUT2D eigenvalue weighted by Gasteiger charge is -2.38. The summed E-state index contributed by atoms with van der Waals surface area (Å²) in [4.78, 5) is 32.3. The van der Waals surface area contributed by atoms with Crippen molar-refractivity contribution < 1.29 is 18.7 Å². The third-order valence-electron chi connectivity index (χ3n) is 6.78. The zero-order chi connectivity index (χ0) is 27.1. The summed E-state index contributed by atoms with van der Waals surface area (Å²) in [5, 5.41) is 2.95. The SMILES string of the molecule is CC[C@@H](Oc1ccc2c(c1)[C@H](c1ccc(F)cc1)N(C(=O)CC(C)C)CC2)C(=O)NCCc1ccccn1. The molecule has 0 saturated carbocycles. The molecule has 0 unspecified atom stereocenters. The monoisotopic (exact) mass is 517 g/mol. The summed E-state index contributed by atoms with van der Waals surface area (Å²) in [5.41, 5.74) is 3.83. The largest absolute Gasteiger partial charge is 0.481 e. The fourth-order valence-electron chi connectivity index (χ4n) is 4.87. The second-order valence-corrected chi connectivity index (χ2v) is 10.1. The second kappa shape index (κ2) is 12.7. The number of hydrogen-bond donors (Lipinski definition) is 1. The minimum absolute atomic E-state index is 0.0741. The van der Waals surface area contributed by atoms with Crippen molar-refractivity contribution in [3.63, 3.8) is 0 Å². The molecule has 4 rings (SSSR count). The third kappa shape index (κ3) is 6.77. The summed E-state index contributed by atoms with van der Waals surface area (Å²) in [6.45, 7) is 7.04. The van der Waals surface area contributed by atoms with Gasteiger partial charge in [0.05, 0.1) is 6.04 Å². The van der Waals surface area contributed by atoms with Crippen molar-refractivity contribution in [1.29, 1.82) is 0 Å². The van der Waals surface area contributed by atoms with E-state index in [0.717, 1.165) is 28.8 Å². The molecule has 0 aliphatic carbocycles. The van der Waals surface area contributed by atoms with Crippen molar-refractivity contribution in [2.75, 3.05) is 13.1 Å². The minimum atomic E-state index is -0.650. The molecule has 2 atom stereocenters. The van der Waals surface area contributed by atoms with Crippen molar-refractivity contribution in [2.45, 2.75) is 58.6 Å². The second-order valence-electron chi connectivity index (χ2n) is 10.1. The lowest BCUT2D eigenvalue weighted by Crippen LogP contribution is -2.41. The Kier molecular flexibility index (Phi) is 9.10. The number of halogens is 1. The van der Waals surface area contributed by atoms with Crippen LogP contribution in [-0.2, 0) is 22.4 Å². The van der Waals surface area contributed by atoms with Crippen LogP contribution in [0.1, 0.15) is 62.0 Å². The fraction of sp³-hybridized carbons (Fsp3) is 0.387. The van der Waals surface area contributed by atoms with E-state index in [4.69, 9.17) is 4.74 Å². The topological polar surface area (TPSA) is 71.5 Å². The highest BCUT2D eigenvalue weighted by Crippen LogP contribution is 2.38. The van der Waals surface area contributed by atoms with Crippen LogP contribution in [0.2, 0.25) is 0 Å². The first kappa shape index (κ1) is 27.3. The predicted octanol–water partition coefficient (Wildman–Crippen LogP) is 5.26. The van der Waals surface area contributed by atoms with Gasteiger partial charge in [-0.15, -0.1) is 0 Å². The summed E-state index contributed by atoms with van der Waals surface area (Å²) >= 11 is 0. The van der Waals surface area contributed by atoms with Gasteiger partial charge in [-0.2, -0.15) is 0 Å². The predicted molar refractivity (Wildman–Crippen MR) is 145 cm³/mol. The Balaban J connectivity index is 1.54. The van der Waals surface area contributed by atoms with Gasteiger partial charge in [-0.05, 0) is 71.8 Å². The Hall–Kier alpha value is -3.74. The van der Waals surface area contributed by atoms with E-state index in [1.807, 2.05) is 62.1 Å². The van der Waals surface area contributed by atoms with Gasteiger partial charge in [0.25, 0.3) is 5.91 Å². The first-order valence-corrected chi connectivity index (χ1v) is 13.4. The van der Waals surface area contributed by atoms with Crippen LogP contribution in [0.4, 0.5) is 4.39 Å². The number of amides is 2. The molecule has 38 heavy (non-hydrogen) atoms. The molecule has 200 valence electrons. The number of fused-ring (bicyclic) bond motifs is 1. The van der Waals surface area contributed by atoms with E-state index in [9.17, 15) is 14.0 Å². The molecule has 2 amide bonds. The van der Waals surface area contributed by atoms with Crippen LogP contribution in [-0.4, -0.2) is 40.9 Å². The fourth-order valence-corrected chi connectivity index (χ4v) is 4.87. The molecule has 7 heteroatoms. The number of benzene rings is 2. The number of carbonyl (C=O) groups excluding carboxylic acids is 2. The number of nitrogens with one attached hydrogen (secondary N) is 1. The zero-order valence-electron chi connectivity index (χ0n) is 22.3. The standard InChI is InChI=1S/C31H36FN3O3/c1-4-28(31(37)34-17-14-25-7-5-6-16-33-25)38-26-13-10-22-15-18-35(29(36)19-21(2)3)30(27(22)20-26)23-8-11-24(32)12-9-23/h5-13,16,20-21,28,30H,4,14-15,17-19H2,1-3H3,(H,34,37)/t28-,30+/m1/s1. The molecule has 0 bridgehead atoms. The average Bonchev–Trinajstić information content (AvgIpc) is 2.91. The van der Waals surface area contributed by atoms with Gasteiger partial charge in [-0.3, -0.25) is 14.6 Å². The van der Waals surface area contributed by atoms with E-state index in [1.54, 1.807) is 18.3 Å². The molecule has 0 fully saturated rings. The summed E-state index contributed by atoms with van der Waals surface area (Å²) in [6, 6.07) is 17.5. The van der Waals surface area contributed by atoms with Crippen LogP contribution >= 0.6 is 0 Å². The van der Waals surface area contributed by atoms with Crippen LogP contribution in [0, 0.1) is 11.7 Å². The molecule has 2 heterocycles. The maximum atomic E-state index is 13.7. The van der Waals surface area contributed by atoms with E-state index in [-0.39, 0.29) is 29.6 Å². The van der Waals surface area contributed by atoms with Crippen molar-refractivity contribution in [3.05, 3.63) is 95.1 Å². The molecule has 1 aliphatic heterocycles. The number of carbonyl (C=O) groups is 2. The third-order valence-corrected chi connectivity index (χ3v) is 6.78. The van der Waals surface area contributed by atoms with Crippen molar-refractivity contribution in [1.82, 2.24) is 15.2 Å². The molecule has 2 aromatic carbocycles. The number of aromatic nitrogens is 1. The van der Waals surface area contributed by atoms with E-state index in [0.29, 0.717) is 38.1 Å². The van der Waals surface area contributed by atoms with Crippen LogP contribution < -0.4 is 10.1 Å². The highest BCUT2D eigenvalue weighted by molar-refractivity contribution is 5.81. The Morgan fingerprint density at radius 1 is 1.13 bits per heavy atom. The molecule has 0 saturated heterocycles. The van der Waals surface area contributed by atoms with Crippen molar-refractivity contribution >= 4 is 11.8 Å². The first-order valence-electron chi connectivity index (χ1n) is 13.4. The lowest BCUT2D eigenvalue weighted by atomic mass is 9.87. The first-order chi connectivity index (χ1) is 18.4. The highest BCUT2D eigenvalue weighted by atomic mass is 19.1. The van der Waals surface area contributed by atoms with Crippen LogP contribution in [0.25, 0.3) is 0 Å². The van der Waals surface area contributed by atoms with Crippen LogP contribution in [0.15, 0.2) is 66.9 Å². The number of hydrogen-bond acceptors (Lipinski definition) is 4. The molecule has 0 radical (unpaired) electrons. The van der Waals surface area contributed by atoms with Gasteiger partial charge in [0.2, 0.25) is 5.91 Å². The summed E-state index contributed by atoms with van der Waals surface area (Å²) in [6.07, 6.45) is 3.40. The molecular formula is C31H36FN3O3. The van der Waals surface area contributed by atoms with Crippen molar-refractivity contribution in [2.24, 2.45) is 5.92 Å². The van der Waals surface area contributed by atoms with E-state index < -0.39 is 6.10 Å². The zero-order valence-corrected chi connectivity index (χ0v) is 22.3. The van der Waals surface area contributed by atoms with Gasteiger partial charge in [-0.25, -0.2) is 4.39 Å². The maximum Gasteiger partial charge on any atom is 0.261 e. The van der Waals surface area contributed by atoms with Gasteiger partial charge in [0.1, 0.15) is 11.6 Å². The smallest absolute Gasteiger partial charge is 0.261 e. The number of nitrogens with zero attached hydrogens (tertiary/aromatic N) is 2. The Morgan fingerprint density at radius 3 is 2.61 bits per heavy atom. The van der Waals surface area contributed by atoms with Gasteiger partial charge in [0.15, 0.2) is 6.10 Å². The summed E-state index contributed by atoms with van der Waals surface area (Å²) < 4.78 is 19.9. The Morgan fingerprint density at radius 2 is 1.92 bits per heavy atom. The Bertz CT molecular complexity index is 1230. The average molecular weight is 518 g/mol. The number of rotatable bonds is 10. The van der Waals surface area contributed by atoms with E-state index in [1.165, 1.54) is 12.1 Å². The van der Waals surface area contributed by atoms with Gasteiger partial charge < -0.3 is 15.0 Å². The molecule has 6 nitrogen and oxygen atoms in total. The maximum absolute atomic E-state index is 13.7. The summed E-state index contributed by atoms with van der Waals surface area (Å²) in [5.74, 6) is 0.381. The Labute approximate surface area is 224 Å². The lowest BCUT2D eigenvalue weighted by molar-refractivity contribution is -0.134. The molecule has 0 spiro atoms. The summed E-state index contributed by atoms with van der Waals surface area (Å²) in [7, 11) is 0. The molecular weight excluding hydrogens is 481 g/mol. The molecule has 1 aliphatic rings.